The van der Waals surface area contributed by atoms with Gasteiger partial charge in [-0.15, -0.1) is 0 Å². The number of primary amides is 1. The number of hydrogen-bond donors (Lipinski definition) is 4. The predicted octanol–water partition coefficient (Wildman–Crippen LogP) is 0.212. The number of nitrogens with zero attached hydrogens (tertiary/aromatic N) is 1. The van der Waals surface area contributed by atoms with Gasteiger partial charge in [0, 0.05) is 5.56 Å². The number of rotatable bonds is 1. The highest BCUT2D eigenvalue weighted by atomic mass is 16.5. The molecule has 1 amide bonds. The van der Waals surface area contributed by atoms with E-state index in [-0.39, 0.29) is 6.41 Å². The number of nitrogens with one attached hydrogen (secondary N) is 1. The van der Waals surface area contributed by atoms with E-state index in [0.29, 0.717) is 16.9 Å². The fourth-order valence-corrected chi connectivity index (χ4v) is 2.01. The fourth-order valence-electron chi connectivity index (χ4n) is 2.01. The minimum atomic E-state index is -0.908. The average molecular weight is 279 g/mol. The van der Waals surface area contributed by atoms with Crippen molar-refractivity contribution in [1.82, 2.24) is 5.48 Å². The van der Waals surface area contributed by atoms with E-state index in [1.54, 1.807) is 32.0 Å². The molecule has 2 atom stereocenters. The van der Waals surface area contributed by atoms with Crippen molar-refractivity contribution < 1.29 is 19.8 Å². The zero-order valence-corrected chi connectivity index (χ0v) is 11.2. The third kappa shape index (κ3) is 3.05. The standard InChI is InChI=1S/C12H14N2O3.CH3NO/c1-12(2)11(15)10(14-16)8-5-7(6-13)3-4-9(8)17-12;2-1-3/h3-5,10-11,14-16H,1-2H3;1H,(H2,2,3). The Morgan fingerprint density at radius 2 is 2.15 bits per heavy atom. The molecule has 0 saturated carbocycles. The van der Waals surface area contributed by atoms with Crippen molar-refractivity contribution in [2.75, 3.05) is 0 Å². The first-order valence-electron chi connectivity index (χ1n) is 5.87. The SMILES string of the molecule is CC1(C)Oc2ccc(C#N)cc2C(NO)C1O.NC=O. The third-order valence-corrected chi connectivity index (χ3v) is 3.01. The van der Waals surface area contributed by atoms with Gasteiger partial charge in [-0.3, -0.25) is 4.79 Å². The largest absolute Gasteiger partial charge is 0.485 e. The Morgan fingerprint density at radius 1 is 1.55 bits per heavy atom. The molecule has 0 aromatic heterocycles. The summed E-state index contributed by atoms with van der Waals surface area (Å²) >= 11 is 0. The Morgan fingerprint density at radius 3 is 2.65 bits per heavy atom. The van der Waals surface area contributed by atoms with Crippen LogP contribution in [0.4, 0.5) is 0 Å². The van der Waals surface area contributed by atoms with Crippen LogP contribution in [0.15, 0.2) is 18.2 Å². The number of carbonyl (C=O) groups is 1. The Kier molecular flexibility index (Phi) is 5.05. The van der Waals surface area contributed by atoms with Gasteiger partial charge in [-0.05, 0) is 32.0 Å². The maximum absolute atomic E-state index is 10.1. The quantitative estimate of drug-likeness (QED) is 0.429. The fraction of sp³-hybridized carbons (Fsp3) is 0.385. The summed E-state index contributed by atoms with van der Waals surface area (Å²) in [7, 11) is 0. The number of amides is 1. The summed E-state index contributed by atoms with van der Waals surface area (Å²) in [5, 5.41) is 28.1. The summed E-state index contributed by atoms with van der Waals surface area (Å²) in [6.45, 7) is 3.48. The van der Waals surface area contributed by atoms with Crippen molar-refractivity contribution in [2.24, 2.45) is 5.73 Å². The lowest BCUT2D eigenvalue weighted by molar-refractivity contribution is -0.106. The van der Waals surface area contributed by atoms with Crippen LogP contribution in [0, 0.1) is 11.3 Å². The number of ether oxygens (including phenoxy) is 1. The van der Waals surface area contributed by atoms with Crippen LogP contribution in [-0.2, 0) is 4.79 Å². The molecule has 0 bridgehead atoms. The van der Waals surface area contributed by atoms with Gasteiger partial charge in [0.15, 0.2) is 0 Å². The van der Waals surface area contributed by atoms with Crippen LogP contribution >= 0.6 is 0 Å². The van der Waals surface area contributed by atoms with E-state index >= 15 is 0 Å². The summed E-state index contributed by atoms with van der Waals surface area (Å²) in [5.74, 6) is 0.561. The van der Waals surface area contributed by atoms with Gasteiger partial charge in [0.05, 0.1) is 17.7 Å². The number of nitriles is 1. The number of carbonyl (C=O) groups excluding carboxylic acids is 1. The second-order valence-corrected chi connectivity index (χ2v) is 4.76. The Balaban J connectivity index is 0.000000612. The molecule has 2 unspecified atom stereocenters. The first kappa shape index (κ1) is 15.9. The van der Waals surface area contributed by atoms with E-state index in [4.69, 9.17) is 20.0 Å². The first-order chi connectivity index (χ1) is 9.41. The number of fused-ring (bicyclic) bond motifs is 1. The van der Waals surface area contributed by atoms with E-state index in [1.165, 1.54) is 0 Å². The van der Waals surface area contributed by atoms with Crippen LogP contribution in [0.3, 0.4) is 0 Å². The molecular weight excluding hydrogens is 262 g/mol. The van der Waals surface area contributed by atoms with Gasteiger partial charge < -0.3 is 20.8 Å². The molecular formula is C13H17N3O4. The minimum Gasteiger partial charge on any atom is -0.485 e. The molecule has 1 aromatic rings. The van der Waals surface area contributed by atoms with Gasteiger partial charge in [0.2, 0.25) is 6.41 Å². The van der Waals surface area contributed by atoms with E-state index in [2.05, 4.69) is 11.2 Å². The normalized spacial score (nSPS) is 22.4. The van der Waals surface area contributed by atoms with Crippen molar-refractivity contribution in [3.05, 3.63) is 29.3 Å². The third-order valence-electron chi connectivity index (χ3n) is 3.01. The van der Waals surface area contributed by atoms with E-state index in [9.17, 15) is 5.11 Å². The summed E-state index contributed by atoms with van der Waals surface area (Å²) < 4.78 is 5.65. The van der Waals surface area contributed by atoms with Crippen molar-refractivity contribution >= 4 is 6.41 Å². The lowest BCUT2D eigenvalue weighted by atomic mass is 9.86. The van der Waals surface area contributed by atoms with Crippen LogP contribution in [-0.4, -0.2) is 28.4 Å². The molecule has 2 rings (SSSR count). The average Bonchev–Trinajstić information content (AvgIpc) is 2.40. The summed E-state index contributed by atoms with van der Waals surface area (Å²) in [5.41, 5.74) is 6.48. The van der Waals surface area contributed by atoms with E-state index < -0.39 is 17.7 Å². The highest BCUT2D eigenvalue weighted by Gasteiger charge is 2.42. The predicted molar refractivity (Wildman–Crippen MR) is 69.8 cm³/mol. The van der Waals surface area contributed by atoms with E-state index in [1.807, 2.05) is 6.07 Å². The number of hydrogen-bond acceptors (Lipinski definition) is 6. The van der Waals surface area contributed by atoms with Crippen LogP contribution in [0.25, 0.3) is 0 Å². The molecule has 1 aliphatic rings. The number of nitrogens with two attached hydrogens (primary N) is 1. The van der Waals surface area contributed by atoms with E-state index in [0.717, 1.165) is 0 Å². The molecule has 108 valence electrons. The lowest BCUT2D eigenvalue weighted by Gasteiger charge is -2.41. The maximum atomic E-state index is 10.1. The topological polar surface area (TPSA) is 129 Å². The molecule has 7 heteroatoms. The molecule has 20 heavy (non-hydrogen) atoms. The van der Waals surface area contributed by atoms with Gasteiger partial charge in [-0.25, -0.2) is 0 Å². The monoisotopic (exact) mass is 279 g/mol. The van der Waals surface area contributed by atoms with Crippen LogP contribution < -0.4 is 16.0 Å². The van der Waals surface area contributed by atoms with Gasteiger partial charge in [0.25, 0.3) is 0 Å². The first-order valence-corrected chi connectivity index (χ1v) is 5.87. The van der Waals surface area contributed by atoms with Crippen molar-refractivity contribution in [3.63, 3.8) is 0 Å². The van der Waals surface area contributed by atoms with Gasteiger partial charge in [-0.2, -0.15) is 10.7 Å². The van der Waals surface area contributed by atoms with Crippen molar-refractivity contribution in [2.45, 2.75) is 31.6 Å². The summed E-state index contributed by atoms with van der Waals surface area (Å²) in [6, 6.07) is 6.26. The second kappa shape index (κ2) is 6.34. The molecule has 0 fully saturated rings. The highest BCUT2D eigenvalue weighted by molar-refractivity contribution is 5.46. The second-order valence-electron chi connectivity index (χ2n) is 4.76. The summed E-state index contributed by atoms with van der Waals surface area (Å²) in [6.07, 6.45) is -0.658. The Hall–Kier alpha value is -2.14. The minimum absolute atomic E-state index is 0.250. The molecule has 1 aliphatic heterocycles. The van der Waals surface area contributed by atoms with Crippen molar-refractivity contribution in [3.8, 4) is 11.8 Å². The number of hydroxylamine groups is 1. The van der Waals surface area contributed by atoms with Gasteiger partial charge >= 0.3 is 0 Å². The zero-order valence-electron chi connectivity index (χ0n) is 11.2. The highest BCUT2D eigenvalue weighted by Crippen LogP contribution is 2.39. The molecule has 0 saturated heterocycles. The van der Waals surface area contributed by atoms with Crippen LogP contribution in [0.2, 0.25) is 0 Å². The molecule has 1 aromatic carbocycles. The Bertz CT molecular complexity index is 525. The zero-order chi connectivity index (χ0) is 15.3. The van der Waals surface area contributed by atoms with Gasteiger partial charge in [-0.1, -0.05) is 0 Å². The molecule has 0 spiro atoms. The molecule has 7 nitrogen and oxygen atoms in total. The Labute approximate surface area is 116 Å². The molecule has 5 N–H and O–H groups in total. The van der Waals surface area contributed by atoms with Crippen LogP contribution in [0.1, 0.15) is 31.0 Å². The van der Waals surface area contributed by atoms with Gasteiger partial charge in [0.1, 0.15) is 17.5 Å². The number of aliphatic hydroxyl groups is 1. The van der Waals surface area contributed by atoms with Crippen molar-refractivity contribution in [1.29, 1.82) is 5.26 Å². The molecule has 0 aliphatic carbocycles. The smallest absolute Gasteiger partial charge is 0.204 e. The molecule has 1 heterocycles. The number of benzene rings is 1. The maximum Gasteiger partial charge on any atom is 0.204 e. The summed E-state index contributed by atoms with van der Waals surface area (Å²) in [4.78, 5) is 8.58. The van der Waals surface area contributed by atoms with Crippen LogP contribution in [0.5, 0.6) is 5.75 Å². The number of aliphatic hydroxyl groups excluding tert-OH is 1. The molecule has 0 radical (unpaired) electrons. The lowest BCUT2D eigenvalue weighted by Crippen LogP contribution is -2.52.